The van der Waals surface area contributed by atoms with E-state index in [9.17, 15) is 0 Å². The summed E-state index contributed by atoms with van der Waals surface area (Å²) >= 11 is 0. The van der Waals surface area contributed by atoms with Crippen LogP contribution in [0.15, 0.2) is 18.2 Å². The van der Waals surface area contributed by atoms with Crippen LogP contribution in [0.25, 0.3) is 0 Å². The Morgan fingerprint density at radius 3 is 2.60 bits per heavy atom. The quantitative estimate of drug-likeness (QED) is 0.913. The number of ether oxygens (including phenoxy) is 1. The van der Waals surface area contributed by atoms with Crippen molar-refractivity contribution in [1.82, 2.24) is 0 Å². The lowest BCUT2D eigenvalue weighted by molar-refractivity contribution is 0.391. The summed E-state index contributed by atoms with van der Waals surface area (Å²) in [6.45, 7) is 2.14. The van der Waals surface area contributed by atoms with Crippen molar-refractivity contribution in [2.24, 2.45) is 35.3 Å². The molecule has 2 nitrogen and oxygen atoms in total. The molecule has 108 valence electrons. The lowest BCUT2D eigenvalue weighted by Crippen LogP contribution is -2.28. The summed E-state index contributed by atoms with van der Waals surface area (Å²) in [6, 6.07) is 6.75. The molecule has 1 aromatic rings. The molecule has 20 heavy (non-hydrogen) atoms. The van der Waals surface area contributed by atoms with Crippen LogP contribution in [0, 0.1) is 36.5 Å². The first-order valence-corrected chi connectivity index (χ1v) is 8.08. The van der Waals surface area contributed by atoms with Gasteiger partial charge in [0.15, 0.2) is 0 Å². The van der Waals surface area contributed by atoms with Gasteiger partial charge in [0.2, 0.25) is 0 Å². The van der Waals surface area contributed by atoms with E-state index in [1.165, 1.54) is 30.4 Å². The molecule has 2 heteroatoms. The van der Waals surface area contributed by atoms with Gasteiger partial charge in [-0.15, -0.1) is 0 Å². The molecule has 2 N–H and O–H groups in total. The third kappa shape index (κ3) is 1.81. The zero-order valence-corrected chi connectivity index (χ0v) is 12.5. The molecule has 1 aromatic carbocycles. The van der Waals surface area contributed by atoms with Crippen molar-refractivity contribution < 1.29 is 4.74 Å². The van der Waals surface area contributed by atoms with Crippen LogP contribution in [0.4, 0.5) is 0 Å². The van der Waals surface area contributed by atoms with Crippen LogP contribution in [-0.4, -0.2) is 13.2 Å². The lowest BCUT2D eigenvalue weighted by atomic mass is 9.93. The van der Waals surface area contributed by atoms with Gasteiger partial charge in [-0.3, -0.25) is 0 Å². The van der Waals surface area contributed by atoms with Gasteiger partial charge in [0.25, 0.3) is 0 Å². The van der Waals surface area contributed by atoms with E-state index in [1.54, 1.807) is 7.11 Å². The van der Waals surface area contributed by atoms with E-state index in [1.807, 2.05) is 0 Å². The number of rotatable bonds is 4. The molecule has 0 amide bonds. The molecule has 3 saturated carbocycles. The van der Waals surface area contributed by atoms with Crippen molar-refractivity contribution in [3.05, 3.63) is 29.3 Å². The first-order valence-electron chi connectivity index (χ1n) is 8.08. The largest absolute Gasteiger partial charge is 0.496 e. The number of nitrogens with two attached hydrogens (primary N) is 1. The SMILES string of the molecule is COc1ccc(C)cc1CC(N)C1C2C3CCC(C3)C12. The molecule has 2 bridgehead atoms. The second-order valence-electron chi connectivity index (χ2n) is 7.25. The lowest BCUT2D eigenvalue weighted by Gasteiger charge is -2.18. The van der Waals surface area contributed by atoms with E-state index in [-0.39, 0.29) is 0 Å². The summed E-state index contributed by atoms with van der Waals surface area (Å²) in [6.07, 6.45) is 5.43. The summed E-state index contributed by atoms with van der Waals surface area (Å²) in [5.41, 5.74) is 9.16. The fraction of sp³-hybridized carbons (Fsp3) is 0.667. The molecule has 5 atom stereocenters. The highest BCUT2D eigenvalue weighted by Gasteiger charge is 2.66. The predicted molar refractivity (Wildman–Crippen MR) is 80.7 cm³/mol. The third-order valence-corrected chi connectivity index (χ3v) is 6.18. The molecule has 3 fully saturated rings. The second kappa shape index (κ2) is 4.49. The number of hydrogen-bond donors (Lipinski definition) is 1. The van der Waals surface area contributed by atoms with E-state index in [2.05, 4.69) is 25.1 Å². The normalized spacial score (nSPS) is 38.6. The van der Waals surface area contributed by atoms with Crippen LogP contribution >= 0.6 is 0 Å². The molecule has 5 unspecified atom stereocenters. The second-order valence-corrected chi connectivity index (χ2v) is 7.25. The molecule has 0 spiro atoms. The maximum atomic E-state index is 6.57. The fourth-order valence-electron chi connectivity index (χ4n) is 5.42. The summed E-state index contributed by atoms with van der Waals surface area (Å²) < 4.78 is 5.49. The van der Waals surface area contributed by atoms with Gasteiger partial charge in [0.05, 0.1) is 7.11 Å². The Labute approximate surface area is 121 Å². The number of hydrogen-bond acceptors (Lipinski definition) is 2. The molecule has 0 aliphatic heterocycles. The first-order chi connectivity index (χ1) is 9.69. The maximum Gasteiger partial charge on any atom is 0.122 e. The molecule has 0 heterocycles. The molecule has 0 aromatic heterocycles. The summed E-state index contributed by atoms with van der Waals surface area (Å²) in [4.78, 5) is 0. The van der Waals surface area contributed by atoms with E-state index in [0.717, 1.165) is 41.8 Å². The van der Waals surface area contributed by atoms with Crippen molar-refractivity contribution in [2.45, 2.75) is 38.6 Å². The van der Waals surface area contributed by atoms with Crippen molar-refractivity contribution >= 4 is 0 Å². The summed E-state index contributed by atoms with van der Waals surface area (Å²) in [5.74, 6) is 5.77. The Bertz CT molecular complexity index is 510. The van der Waals surface area contributed by atoms with Crippen LogP contribution in [0.1, 0.15) is 30.4 Å². The van der Waals surface area contributed by atoms with Crippen LogP contribution in [0.2, 0.25) is 0 Å². The smallest absolute Gasteiger partial charge is 0.122 e. The Kier molecular flexibility index (Phi) is 2.85. The van der Waals surface area contributed by atoms with Crippen molar-refractivity contribution in [3.8, 4) is 5.75 Å². The van der Waals surface area contributed by atoms with Gasteiger partial charge in [-0.2, -0.15) is 0 Å². The van der Waals surface area contributed by atoms with Gasteiger partial charge in [-0.25, -0.2) is 0 Å². The van der Waals surface area contributed by atoms with E-state index >= 15 is 0 Å². The molecular formula is C18H25NO. The zero-order chi connectivity index (χ0) is 13.9. The maximum absolute atomic E-state index is 6.57. The Morgan fingerprint density at radius 2 is 1.95 bits per heavy atom. The molecule has 0 saturated heterocycles. The minimum atomic E-state index is 0.323. The van der Waals surface area contributed by atoms with Gasteiger partial charge < -0.3 is 10.5 Å². The highest BCUT2D eigenvalue weighted by atomic mass is 16.5. The monoisotopic (exact) mass is 271 g/mol. The average molecular weight is 271 g/mol. The third-order valence-electron chi connectivity index (χ3n) is 6.18. The molecular weight excluding hydrogens is 246 g/mol. The Hall–Kier alpha value is -1.02. The standard InChI is InChI=1S/C18H25NO/c1-10-3-6-15(20-2)13(7-10)9-14(19)18-16-11-4-5-12(8-11)17(16)18/h3,6-7,11-12,14,16-18H,4-5,8-9,19H2,1-2H3. The molecule has 0 radical (unpaired) electrons. The van der Waals surface area contributed by atoms with Crippen LogP contribution in [0.3, 0.4) is 0 Å². The van der Waals surface area contributed by atoms with Gasteiger partial charge >= 0.3 is 0 Å². The van der Waals surface area contributed by atoms with Crippen LogP contribution < -0.4 is 10.5 Å². The van der Waals surface area contributed by atoms with E-state index in [0.29, 0.717) is 6.04 Å². The first kappa shape index (κ1) is 12.7. The number of benzene rings is 1. The zero-order valence-electron chi connectivity index (χ0n) is 12.5. The van der Waals surface area contributed by atoms with Crippen LogP contribution in [-0.2, 0) is 6.42 Å². The summed E-state index contributed by atoms with van der Waals surface area (Å²) in [7, 11) is 1.76. The van der Waals surface area contributed by atoms with Crippen molar-refractivity contribution in [2.75, 3.05) is 7.11 Å². The predicted octanol–water partition coefficient (Wildman–Crippen LogP) is 3.17. The minimum Gasteiger partial charge on any atom is -0.496 e. The van der Waals surface area contributed by atoms with Crippen molar-refractivity contribution in [3.63, 3.8) is 0 Å². The number of fused-ring (bicyclic) bond motifs is 5. The van der Waals surface area contributed by atoms with Gasteiger partial charge in [-0.05, 0) is 73.8 Å². The van der Waals surface area contributed by atoms with Gasteiger partial charge in [0.1, 0.15) is 5.75 Å². The number of aryl methyl sites for hydroxylation is 1. The number of methoxy groups -OCH3 is 1. The van der Waals surface area contributed by atoms with Crippen LogP contribution in [0.5, 0.6) is 5.75 Å². The summed E-state index contributed by atoms with van der Waals surface area (Å²) in [5, 5.41) is 0. The van der Waals surface area contributed by atoms with Crippen molar-refractivity contribution in [1.29, 1.82) is 0 Å². The van der Waals surface area contributed by atoms with Gasteiger partial charge in [-0.1, -0.05) is 17.7 Å². The van der Waals surface area contributed by atoms with E-state index < -0.39 is 0 Å². The average Bonchev–Trinajstić information content (AvgIpc) is 2.88. The molecule has 4 rings (SSSR count). The highest BCUT2D eigenvalue weighted by Crippen LogP contribution is 2.70. The topological polar surface area (TPSA) is 35.2 Å². The van der Waals surface area contributed by atoms with E-state index in [4.69, 9.17) is 10.5 Å². The Balaban J connectivity index is 1.49. The molecule has 3 aliphatic rings. The van der Waals surface area contributed by atoms with Gasteiger partial charge in [0, 0.05) is 6.04 Å². The molecule has 3 aliphatic carbocycles. The highest BCUT2D eigenvalue weighted by molar-refractivity contribution is 5.38. The Morgan fingerprint density at radius 1 is 1.25 bits per heavy atom. The fourth-order valence-corrected chi connectivity index (χ4v) is 5.42. The minimum absolute atomic E-state index is 0.323.